The number of carbonyl (C=O) groups is 1. The molecule has 1 aromatic carbocycles. The van der Waals surface area contributed by atoms with Crippen molar-refractivity contribution in [2.24, 2.45) is 5.92 Å². The van der Waals surface area contributed by atoms with E-state index in [1.54, 1.807) is 0 Å². The third-order valence-corrected chi connectivity index (χ3v) is 3.22. The van der Waals surface area contributed by atoms with Gasteiger partial charge in [0.05, 0.1) is 17.8 Å². The Morgan fingerprint density at radius 2 is 1.90 bits per heavy atom. The van der Waals surface area contributed by atoms with Crippen LogP contribution >= 0.6 is 0 Å². The molecule has 1 N–H and O–H groups in total. The number of hydrogen-bond acceptors (Lipinski definition) is 2. The molecule has 0 atom stereocenters. The van der Waals surface area contributed by atoms with Gasteiger partial charge in [0, 0.05) is 19.0 Å². The van der Waals surface area contributed by atoms with E-state index in [0.29, 0.717) is 0 Å². The van der Waals surface area contributed by atoms with Crippen LogP contribution in [0.25, 0.3) is 0 Å². The molecular formula is C13H13F5N2O. The molecule has 3 nitrogen and oxygen atoms in total. The fraction of sp³-hybridized carbons (Fsp3) is 0.462. The fourth-order valence-electron chi connectivity index (χ4n) is 2.13. The molecule has 0 unspecified atom stereocenters. The standard InChI is InChI=1S/C13H13F5N2O/c14-12(15)8-5-20(6-8)7-11(21)19-10-4-2-1-3-9(10)13(16,17)18/h1-4,8,12H,5-7H2,(H,19,21). The van der Waals surface area contributed by atoms with Gasteiger partial charge in [-0.1, -0.05) is 12.1 Å². The van der Waals surface area contributed by atoms with Crippen LogP contribution in [0.1, 0.15) is 5.56 Å². The summed E-state index contributed by atoms with van der Waals surface area (Å²) < 4.78 is 62.7. The molecule has 1 aromatic rings. The Balaban J connectivity index is 1.92. The van der Waals surface area contributed by atoms with Crippen molar-refractivity contribution in [2.45, 2.75) is 12.6 Å². The molecule has 1 heterocycles. The van der Waals surface area contributed by atoms with Gasteiger partial charge in [-0.3, -0.25) is 9.69 Å². The van der Waals surface area contributed by atoms with E-state index < -0.39 is 30.0 Å². The second kappa shape index (κ2) is 5.97. The number of benzene rings is 1. The minimum atomic E-state index is -4.57. The average Bonchev–Trinajstić information content (AvgIpc) is 2.32. The van der Waals surface area contributed by atoms with Crippen LogP contribution in [0.2, 0.25) is 0 Å². The van der Waals surface area contributed by atoms with Crippen molar-refractivity contribution in [3.05, 3.63) is 29.8 Å². The summed E-state index contributed by atoms with van der Waals surface area (Å²) in [7, 11) is 0. The van der Waals surface area contributed by atoms with Crippen molar-refractivity contribution in [2.75, 3.05) is 25.0 Å². The van der Waals surface area contributed by atoms with Crippen LogP contribution in [-0.4, -0.2) is 36.9 Å². The first-order chi connectivity index (χ1) is 9.77. The quantitative estimate of drug-likeness (QED) is 0.868. The van der Waals surface area contributed by atoms with E-state index in [1.165, 1.54) is 17.0 Å². The second-order valence-electron chi connectivity index (χ2n) is 4.88. The molecule has 1 fully saturated rings. The number of nitrogens with zero attached hydrogens (tertiary/aromatic N) is 1. The van der Waals surface area contributed by atoms with Gasteiger partial charge in [0.25, 0.3) is 0 Å². The summed E-state index contributed by atoms with van der Waals surface area (Å²) >= 11 is 0. The van der Waals surface area contributed by atoms with Crippen LogP contribution in [0.15, 0.2) is 24.3 Å². The Hall–Kier alpha value is -1.70. The van der Waals surface area contributed by atoms with Gasteiger partial charge in [0.15, 0.2) is 0 Å². The zero-order valence-electron chi connectivity index (χ0n) is 10.8. The predicted octanol–water partition coefficient (Wildman–Crippen LogP) is 2.84. The van der Waals surface area contributed by atoms with Gasteiger partial charge < -0.3 is 5.32 Å². The summed E-state index contributed by atoms with van der Waals surface area (Å²) in [6.07, 6.45) is -7.00. The number of hydrogen-bond donors (Lipinski definition) is 1. The lowest BCUT2D eigenvalue weighted by Gasteiger charge is -2.38. The Labute approximate surface area is 117 Å². The first kappa shape index (κ1) is 15.7. The molecule has 0 radical (unpaired) electrons. The SMILES string of the molecule is O=C(CN1CC(C(F)F)C1)Nc1ccccc1C(F)(F)F. The molecule has 1 aliphatic heterocycles. The van der Waals surface area contributed by atoms with Crippen molar-refractivity contribution < 1.29 is 26.7 Å². The molecule has 0 saturated carbocycles. The van der Waals surface area contributed by atoms with E-state index >= 15 is 0 Å². The Morgan fingerprint density at radius 3 is 2.48 bits per heavy atom. The minimum Gasteiger partial charge on any atom is -0.324 e. The molecule has 0 aliphatic carbocycles. The lowest BCUT2D eigenvalue weighted by atomic mass is 10.0. The normalized spacial score (nSPS) is 16.9. The highest BCUT2D eigenvalue weighted by Crippen LogP contribution is 2.34. The molecule has 116 valence electrons. The molecular weight excluding hydrogens is 295 g/mol. The highest BCUT2D eigenvalue weighted by molar-refractivity contribution is 5.93. The van der Waals surface area contributed by atoms with Gasteiger partial charge in [-0.25, -0.2) is 8.78 Å². The van der Waals surface area contributed by atoms with Crippen molar-refractivity contribution >= 4 is 11.6 Å². The number of rotatable bonds is 4. The van der Waals surface area contributed by atoms with Crippen LogP contribution in [0.5, 0.6) is 0 Å². The third kappa shape index (κ3) is 3.90. The molecule has 1 amide bonds. The van der Waals surface area contributed by atoms with Gasteiger partial charge in [-0.15, -0.1) is 0 Å². The summed E-state index contributed by atoms with van der Waals surface area (Å²) in [6.45, 7) is -0.0482. The van der Waals surface area contributed by atoms with Crippen molar-refractivity contribution in [1.82, 2.24) is 4.90 Å². The Morgan fingerprint density at radius 1 is 1.29 bits per heavy atom. The largest absolute Gasteiger partial charge is 0.418 e. The lowest BCUT2D eigenvalue weighted by molar-refractivity contribution is -0.137. The van der Waals surface area contributed by atoms with E-state index in [0.717, 1.165) is 12.1 Å². The summed E-state index contributed by atoms with van der Waals surface area (Å²) in [5.74, 6) is -1.42. The summed E-state index contributed by atoms with van der Waals surface area (Å²) in [5.41, 5.74) is -1.27. The van der Waals surface area contributed by atoms with E-state index in [9.17, 15) is 26.7 Å². The van der Waals surface area contributed by atoms with E-state index in [2.05, 4.69) is 5.32 Å². The molecule has 1 aliphatic rings. The number of amides is 1. The summed E-state index contributed by atoms with van der Waals surface area (Å²) in [5, 5.41) is 2.17. The van der Waals surface area contributed by atoms with E-state index in [4.69, 9.17) is 0 Å². The summed E-state index contributed by atoms with van der Waals surface area (Å²) in [4.78, 5) is 13.1. The molecule has 1 saturated heterocycles. The number of alkyl halides is 5. The molecule has 0 spiro atoms. The van der Waals surface area contributed by atoms with Crippen LogP contribution < -0.4 is 5.32 Å². The molecule has 2 rings (SSSR count). The molecule has 21 heavy (non-hydrogen) atoms. The van der Waals surface area contributed by atoms with Gasteiger partial charge in [-0.05, 0) is 12.1 Å². The Kier molecular flexibility index (Phi) is 4.46. The number of para-hydroxylation sites is 1. The van der Waals surface area contributed by atoms with Crippen molar-refractivity contribution in [3.63, 3.8) is 0 Å². The topological polar surface area (TPSA) is 32.3 Å². The van der Waals surface area contributed by atoms with Gasteiger partial charge in [-0.2, -0.15) is 13.2 Å². The monoisotopic (exact) mass is 308 g/mol. The Bertz CT molecular complexity index is 512. The van der Waals surface area contributed by atoms with Gasteiger partial charge in [0.2, 0.25) is 12.3 Å². The molecule has 8 heteroatoms. The zero-order valence-corrected chi connectivity index (χ0v) is 10.8. The number of nitrogens with one attached hydrogen (secondary N) is 1. The first-order valence-corrected chi connectivity index (χ1v) is 6.24. The number of likely N-dealkylation sites (tertiary alicyclic amines) is 1. The van der Waals surface area contributed by atoms with Crippen LogP contribution in [-0.2, 0) is 11.0 Å². The third-order valence-electron chi connectivity index (χ3n) is 3.22. The zero-order chi connectivity index (χ0) is 15.6. The summed E-state index contributed by atoms with van der Waals surface area (Å²) in [6, 6.07) is 4.62. The van der Waals surface area contributed by atoms with E-state index in [-0.39, 0.29) is 25.3 Å². The number of halogens is 5. The maximum atomic E-state index is 12.7. The lowest BCUT2D eigenvalue weighted by Crippen LogP contribution is -2.52. The minimum absolute atomic E-state index is 0.0754. The first-order valence-electron chi connectivity index (χ1n) is 6.24. The maximum Gasteiger partial charge on any atom is 0.418 e. The van der Waals surface area contributed by atoms with Crippen molar-refractivity contribution in [1.29, 1.82) is 0 Å². The number of anilines is 1. The van der Waals surface area contributed by atoms with Gasteiger partial charge in [0.1, 0.15) is 0 Å². The fourth-order valence-corrected chi connectivity index (χ4v) is 2.13. The average molecular weight is 308 g/mol. The smallest absolute Gasteiger partial charge is 0.324 e. The highest BCUT2D eigenvalue weighted by Gasteiger charge is 2.36. The van der Waals surface area contributed by atoms with E-state index in [1.807, 2.05) is 0 Å². The predicted molar refractivity (Wildman–Crippen MR) is 66.0 cm³/mol. The molecule has 0 bridgehead atoms. The highest BCUT2D eigenvalue weighted by atomic mass is 19.4. The van der Waals surface area contributed by atoms with Crippen LogP contribution in [0.4, 0.5) is 27.6 Å². The van der Waals surface area contributed by atoms with Crippen LogP contribution in [0.3, 0.4) is 0 Å². The van der Waals surface area contributed by atoms with Crippen LogP contribution in [0, 0.1) is 5.92 Å². The number of carbonyl (C=O) groups excluding carboxylic acids is 1. The van der Waals surface area contributed by atoms with Crippen molar-refractivity contribution in [3.8, 4) is 0 Å². The maximum absolute atomic E-state index is 12.7. The van der Waals surface area contributed by atoms with Gasteiger partial charge >= 0.3 is 6.18 Å². The molecule has 0 aromatic heterocycles. The second-order valence-corrected chi connectivity index (χ2v) is 4.88.